The molecule has 0 bridgehead atoms. The van der Waals surface area contributed by atoms with Crippen molar-refractivity contribution in [3.05, 3.63) is 35.9 Å². The normalized spacial score (nSPS) is 12.1. The van der Waals surface area contributed by atoms with Crippen LogP contribution in [0, 0.1) is 0 Å². The molecule has 0 amide bonds. The van der Waals surface area contributed by atoms with Crippen LogP contribution in [0.1, 0.15) is 12.0 Å². The molecular weight excluding hydrogens is 240 g/mol. The van der Waals surface area contributed by atoms with Gasteiger partial charge < -0.3 is 9.84 Å². The summed E-state index contributed by atoms with van der Waals surface area (Å²) in [7, 11) is -1.24. The van der Waals surface area contributed by atoms with Gasteiger partial charge in [-0.25, -0.2) is 0 Å². The molecule has 4 nitrogen and oxygen atoms in total. The SMILES string of the molecule is O=C(CS(=O)CCCO)OCc1ccccc1. The number of aliphatic hydroxyl groups is 1. The lowest BCUT2D eigenvalue weighted by Gasteiger charge is -2.04. The summed E-state index contributed by atoms with van der Waals surface area (Å²) < 4.78 is 16.3. The minimum Gasteiger partial charge on any atom is -0.460 e. The molecule has 0 saturated heterocycles. The zero-order valence-electron chi connectivity index (χ0n) is 9.50. The molecule has 0 spiro atoms. The molecule has 0 fully saturated rings. The minimum atomic E-state index is -1.24. The van der Waals surface area contributed by atoms with Gasteiger partial charge in [-0.15, -0.1) is 0 Å². The standard InChI is InChI=1S/C12H16O4S/c13-7-4-8-17(15)10-12(14)16-9-11-5-2-1-3-6-11/h1-3,5-6,13H,4,7-10H2. The molecule has 0 aromatic heterocycles. The average Bonchev–Trinajstić information content (AvgIpc) is 2.35. The number of aliphatic hydroxyl groups excluding tert-OH is 1. The van der Waals surface area contributed by atoms with Gasteiger partial charge >= 0.3 is 5.97 Å². The van der Waals surface area contributed by atoms with Gasteiger partial charge in [0.15, 0.2) is 0 Å². The van der Waals surface area contributed by atoms with Crippen molar-refractivity contribution in [2.75, 3.05) is 18.1 Å². The van der Waals surface area contributed by atoms with Gasteiger partial charge in [0.05, 0.1) is 0 Å². The highest BCUT2D eigenvalue weighted by Crippen LogP contribution is 2.01. The molecule has 0 saturated carbocycles. The zero-order valence-corrected chi connectivity index (χ0v) is 10.3. The Labute approximate surface area is 103 Å². The molecule has 1 aromatic carbocycles. The van der Waals surface area contributed by atoms with E-state index in [0.29, 0.717) is 12.2 Å². The van der Waals surface area contributed by atoms with Crippen LogP contribution in [0.2, 0.25) is 0 Å². The summed E-state index contributed by atoms with van der Waals surface area (Å²) in [5.74, 6) is -0.242. The summed E-state index contributed by atoms with van der Waals surface area (Å²) >= 11 is 0. The zero-order chi connectivity index (χ0) is 12.5. The molecule has 94 valence electrons. The second-order valence-electron chi connectivity index (χ2n) is 3.51. The van der Waals surface area contributed by atoms with Gasteiger partial charge in [0.1, 0.15) is 12.4 Å². The summed E-state index contributed by atoms with van der Waals surface area (Å²) in [6.07, 6.45) is 0.443. The van der Waals surface area contributed by atoms with Crippen LogP contribution in [-0.4, -0.2) is 33.4 Å². The highest BCUT2D eigenvalue weighted by atomic mass is 32.2. The maximum Gasteiger partial charge on any atom is 0.318 e. The second-order valence-corrected chi connectivity index (χ2v) is 5.09. The van der Waals surface area contributed by atoms with Crippen molar-refractivity contribution in [3.8, 4) is 0 Å². The number of carbonyl (C=O) groups excluding carboxylic acids is 1. The number of hydrogen-bond donors (Lipinski definition) is 1. The van der Waals surface area contributed by atoms with E-state index in [4.69, 9.17) is 9.84 Å². The van der Waals surface area contributed by atoms with E-state index in [9.17, 15) is 9.00 Å². The molecule has 1 unspecified atom stereocenters. The number of carbonyl (C=O) groups is 1. The third-order valence-corrected chi connectivity index (χ3v) is 3.35. The van der Waals surface area contributed by atoms with E-state index < -0.39 is 16.8 Å². The van der Waals surface area contributed by atoms with Crippen LogP contribution in [0.4, 0.5) is 0 Å². The fourth-order valence-electron chi connectivity index (χ4n) is 1.21. The summed E-state index contributed by atoms with van der Waals surface area (Å²) in [5, 5.41) is 8.55. The maximum atomic E-state index is 11.3. The van der Waals surface area contributed by atoms with Crippen molar-refractivity contribution in [1.29, 1.82) is 0 Å². The fraction of sp³-hybridized carbons (Fsp3) is 0.417. The summed E-state index contributed by atoms with van der Waals surface area (Å²) in [6.45, 7) is 0.196. The van der Waals surface area contributed by atoms with Crippen LogP contribution in [-0.2, 0) is 26.9 Å². The van der Waals surface area contributed by atoms with E-state index in [1.54, 1.807) is 0 Å². The first kappa shape index (κ1) is 13.9. The Bertz CT molecular complexity index is 364. The van der Waals surface area contributed by atoms with Gasteiger partial charge in [0.2, 0.25) is 0 Å². The molecule has 1 aromatic rings. The Balaban J connectivity index is 2.24. The second kappa shape index (κ2) is 7.97. The average molecular weight is 256 g/mol. The van der Waals surface area contributed by atoms with Crippen molar-refractivity contribution in [2.45, 2.75) is 13.0 Å². The van der Waals surface area contributed by atoms with Crippen molar-refractivity contribution >= 4 is 16.8 Å². The van der Waals surface area contributed by atoms with E-state index in [0.717, 1.165) is 5.56 Å². The van der Waals surface area contributed by atoms with E-state index in [2.05, 4.69) is 0 Å². The van der Waals surface area contributed by atoms with E-state index in [1.807, 2.05) is 30.3 Å². The first-order valence-electron chi connectivity index (χ1n) is 5.37. The minimum absolute atomic E-state index is 0.00912. The molecule has 0 heterocycles. The Kier molecular flexibility index (Phi) is 6.50. The van der Waals surface area contributed by atoms with E-state index >= 15 is 0 Å². The number of esters is 1. The van der Waals surface area contributed by atoms with Gasteiger partial charge in [0.25, 0.3) is 0 Å². The first-order valence-corrected chi connectivity index (χ1v) is 6.86. The molecule has 1 atom stereocenters. The van der Waals surface area contributed by atoms with Crippen LogP contribution in [0.3, 0.4) is 0 Å². The van der Waals surface area contributed by atoms with Crippen molar-refractivity contribution in [2.24, 2.45) is 0 Å². The smallest absolute Gasteiger partial charge is 0.318 e. The monoisotopic (exact) mass is 256 g/mol. The lowest BCUT2D eigenvalue weighted by molar-refractivity contribution is -0.141. The van der Waals surface area contributed by atoms with Crippen LogP contribution in [0.15, 0.2) is 30.3 Å². The molecule has 5 heteroatoms. The lowest BCUT2D eigenvalue weighted by Crippen LogP contribution is -2.16. The quantitative estimate of drug-likeness (QED) is 0.735. The largest absolute Gasteiger partial charge is 0.460 e. The van der Waals surface area contributed by atoms with Gasteiger partial charge in [-0.3, -0.25) is 9.00 Å². The molecule has 1 N–H and O–H groups in total. The number of ether oxygens (including phenoxy) is 1. The highest BCUT2D eigenvalue weighted by Gasteiger charge is 2.08. The number of hydrogen-bond acceptors (Lipinski definition) is 4. The van der Waals surface area contributed by atoms with Gasteiger partial charge in [-0.05, 0) is 12.0 Å². The van der Waals surface area contributed by atoms with Crippen LogP contribution < -0.4 is 0 Å². The summed E-state index contributed by atoms with van der Waals surface area (Å²) in [4.78, 5) is 11.3. The van der Waals surface area contributed by atoms with E-state index in [1.165, 1.54) is 0 Å². The summed E-state index contributed by atoms with van der Waals surface area (Å²) in [6, 6.07) is 9.33. The Morgan fingerprint density at radius 1 is 1.29 bits per heavy atom. The number of benzene rings is 1. The molecule has 0 aliphatic rings. The number of rotatable bonds is 7. The topological polar surface area (TPSA) is 63.6 Å². The molecule has 17 heavy (non-hydrogen) atoms. The van der Waals surface area contributed by atoms with Crippen molar-refractivity contribution < 1.29 is 18.8 Å². The van der Waals surface area contributed by atoms with Crippen LogP contribution in [0.5, 0.6) is 0 Å². The van der Waals surface area contributed by atoms with Gasteiger partial charge in [-0.1, -0.05) is 30.3 Å². The lowest BCUT2D eigenvalue weighted by atomic mass is 10.2. The van der Waals surface area contributed by atoms with E-state index in [-0.39, 0.29) is 19.0 Å². The predicted molar refractivity (Wildman–Crippen MR) is 65.8 cm³/mol. The molecule has 0 aliphatic carbocycles. The van der Waals surface area contributed by atoms with Gasteiger partial charge in [0, 0.05) is 23.2 Å². The Morgan fingerprint density at radius 3 is 2.65 bits per heavy atom. The molecule has 0 aliphatic heterocycles. The fourth-order valence-corrected chi connectivity index (χ4v) is 2.15. The Hall–Kier alpha value is -1.20. The molecule has 1 rings (SSSR count). The summed E-state index contributed by atoms with van der Waals surface area (Å²) in [5.41, 5.74) is 0.905. The van der Waals surface area contributed by atoms with Gasteiger partial charge in [-0.2, -0.15) is 0 Å². The van der Waals surface area contributed by atoms with Crippen LogP contribution >= 0.6 is 0 Å². The molecular formula is C12H16O4S. The highest BCUT2D eigenvalue weighted by molar-refractivity contribution is 7.85. The van der Waals surface area contributed by atoms with Crippen LogP contribution in [0.25, 0.3) is 0 Å². The predicted octanol–water partition coefficient (Wildman–Crippen LogP) is 0.861. The third-order valence-electron chi connectivity index (χ3n) is 2.05. The van der Waals surface area contributed by atoms with Crippen molar-refractivity contribution in [1.82, 2.24) is 0 Å². The maximum absolute atomic E-state index is 11.3. The Morgan fingerprint density at radius 2 is 2.00 bits per heavy atom. The first-order chi connectivity index (χ1) is 8.22. The third kappa shape index (κ3) is 6.19. The van der Waals surface area contributed by atoms with Crippen molar-refractivity contribution in [3.63, 3.8) is 0 Å². The molecule has 0 radical (unpaired) electrons.